The quantitative estimate of drug-likeness (QED) is 0.914. The molecule has 1 aliphatic heterocycles. The molecule has 0 atom stereocenters. The van der Waals surface area contributed by atoms with E-state index in [4.69, 9.17) is 5.11 Å². The van der Waals surface area contributed by atoms with Crippen LogP contribution in [0.2, 0.25) is 0 Å². The number of benzene rings is 1. The first-order valence-corrected chi connectivity index (χ1v) is 6.89. The lowest BCUT2D eigenvalue weighted by molar-refractivity contribution is 0.0702. The van der Waals surface area contributed by atoms with E-state index in [1.807, 2.05) is 18.2 Å². The molecule has 2 aromatic rings. The van der Waals surface area contributed by atoms with Crippen LogP contribution in [-0.2, 0) is 0 Å². The van der Waals surface area contributed by atoms with Crippen LogP contribution < -0.4 is 9.80 Å². The monoisotopic (exact) mass is 274 g/mol. The second kappa shape index (κ2) is 4.59. The first-order chi connectivity index (χ1) is 9.16. The van der Waals surface area contributed by atoms with Gasteiger partial charge in [-0.2, -0.15) is 0 Å². The van der Waals surface area contributed by atoms with Crippen molar-refractivity contribution in [3.05, 3.63) is 41.3 Å². The minimum atomic E-state index is -0.862. The molecule has 1 aromatic carbocycles. The van der Waals surface area contributed by atoms with E-state index in [1.54, 1.807) is 6.07 Å². The molecule has 0 fully saturated rings. The third-order valence-corrected chi connectivity index (χ3v) is 4.41. The maximum absolute atomic E-state index is 11.0. The fourth-order valence-electron chi connectivity index (χ4n) is 2.32. The predicted molar refractivity (Wildman–Crippen MR) is 78.0 cm³/mol. The summed E-state index contributed by atoms with van der Waals surface area (Å²) in [5, 5.41) is 10.0. The second-order valence-electron chi connectivity index (χ2n) is 4.50. The van der Waals surface area contributed by atoms with Gasteiger partial charge in [0.25, 0.3) is 0 Å². The van der Waals surface area contributed by atoms with Gasteiger partial charge in [0.05, 0.1) is 16.4 Å². The molecule has 4 nitrogen and oxygen atoms in total. The zero-order chi connectivity index (χ0) is 13.4. The van der Waals surface area contributed by atoms with Crippen molar-refractivity contribution in [2.75, 3.05) is 29.9 Å². The van der Waals surface area contributed by atoms with Crippen molar-refractivity contribution in [3.8, 4) is 0 Å². The smallest absolute Gasteiger partial charge is 0.345 e. The summed E-state index contributed by atoms with van der Waals surface area (Å²) in [6.45, 7) is 1.80. The molecular formula is C14H14N2O2S. The first-order valence-electron chi connectivity index (χ1n) is 6.07. The number of rotatable bonds is 2. The van der Waals surface area contributed by atoms with Crippen LogP contribution in [0.1, 0.15) is 9.67 Å². The predicted octanol–water partition coefficient (Wildman–Crippen LogP) is 3.03. The molecule has 1 N–H and O–H groups in total. The zero-order valence-corrected chi connectivity index (χ0v) is 11.4. The van der Waals surface area contributed by atoms with Crippen LogP contribution in [0.3, 0.4) is 0 Å². The number of carbonyl (C=O) groups is 1. The van der Waals surface area contributed by atoms with Crippen LogP contribution in [0.4, 0.5) is 16.4 Å². The highest BCUT2D eigenvalue weighted by molar-refractivity contribution is 7.17. The molecule has 0 aliphatic carbocycles. The lowest BCUT2D eigenvalue weighted by Gasteiger charge is -2.36. The summed E-state index contributed by atoms with van der Waals surface area (Å²) >= 11 is 1.32. The number of anilines is 3. The third-order valence-electron chi connectivity index (χ3n) is 3.31. The summed E-state index contributed by atoms with van der Waals surface area (Å²) in [6.07, 6.45) is 0. The Hall–Kier alpha value is -2.01. The van der Waals surface area contributed by atoms with Gasteiger partial charge in [0.2, 0.25) is 0 Å². The Morgan fingerprint density at radius 2 is 1.89 bits per heavy atom. The van der Waals surface area contributed by atoms with E-state index in [0.717, 1.165) is 23.8 Å². The van der Waals surface area contributed by atoms with E-state index in [1.165, 1.54) is 17.0 Å². The van der Waals surface area contributed by atoms with Crippen molar-refractivity contribution < 1.29 is 9.90 Å². The van der Waals surface area contributed by atoms with Crippen LogP contribution in [0.5, 0.6) is 0 Å². The van der Waals surface area contributed by atoms with Crippen LogP contribution in [-0.4, -0.2) is 31.2 Å². The Morgan fingerprint density at radius 3 is 2.58 bits per heavy atom. The minimum absolute atomic E-state index is 0.381. The molecule has 0 spiro atoms. The lowest BCUT2D eigenvalue weighted by Crippen LogP contribution is -2.36. The number of likely N-dealkylation sites (N-methyl/N-ethyl adjacent to an activating group) is 1. The molecule has 0 unspecified atom stereocenters. The number of carboxylic acid groups (broad SMARTS) is 1. The van der Waals surface area contributed by atoms with Gasteiger partial charge in [-0.05, 0) is 24.3 Å². The van der Waals surface area contributed by atoms with E-state index in [9.17, 15) is 4.79 Å². The van der Waals surface area contributed by atoms with E-state index in [0.29, 0.717) is 4.88 Å². The Morgan fingerprint density at radius 1 is 1.16 bits per heavy atom. The molecule has 2 heterocycles. The van der Waals surface area contributed by atoms with Crippen LogP contribution in [0.15, 0.2) is 36.4 Å². The highest BCUT2D eigenvalue weighted by Gasteiger charge is 2.22. The van der Waals surface area contributed by atoms with Gasteiger partial charge in [-0.25, -0.2) is 4.79 Å². The number of para-hydroxylation sites is 2. The highest BCUT2D eigenvalue weighted by Crippen LogP contribution is 2.39. The summed E-state index contributed by atoms with van der Waals surface area (Å²) in [7, 11) is 2.08. The molecule has 0 bridgehead atoms. The van der Waals surface area contributed by atoms with Crippen molar-refractivity contribution in [1.82, 2.24) is 0 Å². The van der Waals surface area contributed by atoms with Crippen molar-refractivity contribution in [2.45, 2.75) is 0 Å². The number of hydrogen-bond acceptors (Lipinski definition) is 4. The SMILES string of the molecule is CN1CCN(c2ccc(C(=O)O)s2)c2ccccc21. The molecule has 5 heteroatoms. The summed E-state index contributed by atoms with van der Waals surface area (Å²) in [5.74, 6) is -0.862. The number of hydrogen-bond donors (Lipinski definition) is 1. The summed E-state index contributed by atoms with van der Waals surface area (Å²) in [6, 6.07) is 11.8. The molecular weight excluding hydrogens is 260 g/mol. The Kier molecular flexibility index (Phi) is 2.91. The zero-order valence-electron chi connectivity index (χ0n) is 10.5. The molecule has 1 aliphatic rings. The standard InChI is InChI=1S/C14H14N2O2S/c1-15-8-9-16(11-5-3-2-4-10(11)15)13-7-6-12(19-13)14(17)18/h2-7H,8-9H2,1H3,(H,17,18). The van der Waals surface area contributed by atoms with Gasteiger partial charge < -0.3 is 14.9 Å². The van der Waals surface area contributed by atoms with Gasteiger partial charge in [0.15, 0.2) is 0 Å². The normalized spacial score (nSPS) is 14.4. The Balaban J connectivity index is 2.02. The number of thiophene rings is 1. The van der Waals surface area contributed by atoms with Gasteiger partial charge in [-0.15, -0.1) is 11.3 Å². The van der Waals surface area contributed by atoms with Gasteiger partial charge in [-0.3, -0.25) is 0 Å². The minimum Gasteiger partial charge on any atom is -0.477 e. The molecule has 3 rings (SSSR count). The summed E-state index contributed by atoms with van der Waals surface area (Å²) in [5.41, 5.74) is 2.31. The topological polar surface area (TPSA) is 43.8 Å². The van der Waals surface area contributed by atoms with E-state index in [-0.39, 0.29) is 0 Å². The molecule has 98 valence electrons. The highest BCUT2D eigenvalue weighted by atomic mass is 32.1. The molecule has 1 aromatic heterocycles. The number of carboxylic acids is 1. The number of fused-ring (bicyclic) bond motifs is 1. The average Bonchev–Trinajstić information content (AvgIpc) is 2.89. The van der Waals surface area contributed by atoms with Crippen molar-refractivity contribution >= 4 is 33.7 Å². The maximum Gasteiger partial charge on any atom is 0.345 e. The van der Waals surface area contributed by atoms with Gasteiger partial charge in [0.1, 0.15) is 4.88 Å². The Bertz CT molecular complexity index is 623. The molecule has 19 heavy (non-hydrogen) atoms. The molecule has 0 amide bonds. The lowest BCUT2D eigenvalue weighted by atomic mass is 10.2. The number of aromatic carboxylic acids is 1. The van der Waals surface area contributed by atoms with Crippen LogP contribution >= 0.6 is 11.3 Å². The van der Waals surface area contributed by atoms with Crippen LogP contribution in [0.25, 0.3) is 0 Å². The maximum atomic E-state index is 11.0. The second-order valence-corrected chi connectivity index (χ2v) is 5.57. The van der Waals surface area contributed by atoms with Crippen molar-refractivity contribution in [1.29, 1.82) is 0 Å². The van der Waals surface area contributed by atoms with Crippen molar-refractivity contribution in [2.24, 2.45) is 0 Å². The van der Waals surface area contributed by atoms with E-state index < -0.39 is 5.97 Å². The summed E-state index contributed by atoms with van der Waals surface area (Å²) in [4.78, 5) is 15.8. The third kappa shape index (κ3) is 2.06. The van der Waals surface area contributed by atoms with Gasteiger partial charge >= 0.3 is 5.97 Å². The van der Waals surface area contributed by atoms with E-state index >= 15 is 0 Å². The average molecular weight is 274 g/mol. The van der Waals surface area contributed by atoms with Crippen LogP contribution in [0, 0.1) is 0 Å². The Labute approximate surface area is 115 Å². The van der Waals surface area contributed by atoms with Crippen molar-refractivity contribution in [3.63, 3.8) is 0 Å². The molecule has 0 saturated carbocycles. The fourth-order valence-corrected chi connectivity index (χ4v) is 3.21. The molecule has 0 saturated heterocycles. The largest absolute Gasteiger partial charge is 0.477 e. The summed E-state index contributed by atoms with van der Waals surface area (Å²) < 4.78 is 0. The number of nitrogens with zero attached hydrogens (tertiary/aromatic N) is 2. The van der Waals surface area contributed by atoms with E-state index in [2.05, 4.69) is 29.0 Å². The van der Waals surface area contributed by atoms with Gasteiger partial charge in [0, 0.05) is 20.1 Å². The first kappa shape index (κ1) is 12.0. The fraction of sp³-hybridized carbons (Fsp3) is 0.214. The van der Waals surface area contributed by atoms with Gasteiger partial charge in [-0.1, -0.05) is 12.1 Å². The molecule has 0 radical (unpaired) electrons.